The normalized spacial score (nSPS) is 10.8. The average molecular weight is 358 g/mol. The summed E-state index contributed by atoms with van der Waals surface area (Å²) in [7, 11) is 1.62. The molecule has 25 heavy (non-hydrogen) atoms. The Hall–Kier alpha value is -2.67. The van der Waals surface area contributed by atoms with Gasteiger partial charge in [-0.05, 0) is 37.6 Å². The molecule has 1 aromatic carbocycles. The highest BCUT2D eigenvalue weighted by Gasteiger charge is 2.18. The quantitative estimate of drug-likeness (QED) is 0.499. The minimum atomic E-state index is -0.286. The lowest BCUT2D eigenvalue weighted by Crippen LogP contribution is -2.06. The van der Waals surface area contributed by atoms with Crippen molar-refractivity contribution < 1.29 is 19.1 Å². The van der Waals surface area contributed by atoms with E-state index >= 15 is 0 Å². The summed E-state index contributed by atoms with van der Waals surface area (Å²) in [6, 6.07) is 5.68. The van der Waals surface area contributed by atoms with E-state index in [1.807, 2.05) is 25.1 Å². The van der Waals surface area contributed by atoms with E-state index in [1.165, 1.54) is 11.3 Å². The first kappa shape index (κ1) is 17.2. The molecule has 3 rings (SSSR count). The summed E-state index contributed by atoms with van der Waals surface area (Å²) in [6.45, 7) is 4.06. The zero-order valence-corrected chi connectivity index (χ0v) is 15.1. The van der Waals surface area contributed by atoms with Crippen LogP contribution in [0.4, 0.5) is 0 Å². The van der Waals surface area contributed by atoms with Gasteiger partial charge in [-0.15, -0.1) is 11.3 Å². The molecule has 0 saturated heterocycles. The maximum atomic E-state index is 11.6. The Labute approximate surface area is 149 Å². The Balaban J connectivity index is 2.00. The van der Waals surface area contributed by atoms with Crippen LogP contribution in [0.1, 0.15) is 27.9 Å². The first-order chi connectivity index (χ1) is 12.1. The Morgan fingerprint density at radius 1 is 1.40 bits per heavy atom. The Bertz CT molecular complexity index is 942. The minimum absolute atomic E-state index is 0.178. The summed E-state index contributed by atoms with van der Waals surface area (Å²) in [6.07, 6.45) is 2.74. The van der Waals surface area contributed by atoms with Crippen molar-refractivity contribution in [1.82, 2.24) is 9.38 Å². The number of nitrogens with zero attached hydrogens (tertiary/aromatic N) is 2. The highest BCUT2D eigenvalue weighted by atomic mass is 32.1. The van der Waals surface area contributed by atoms with Crippen LogP contribution in [0.3, 0.4) is 0 Å². The number of aromatic nitrogens is 2. The van der Waals surface area contributed by atoms with Crippen molar-refractivity contribution in [3.8, 4) is 17.0 Å². The van der Waals surface area contributed by atoms with Gasteiger partial charge < -0.3 is 9.47 Å². The SMILES string of the molecule is CCOC(=O)Cc1cn2c(C=O)c(-c3ccc(OC)c(C)c3)nc2s1. The van der Waals surface area contributed by atoms with Gasteiger partial charge in [-0.2, -0.15) is 0 Å². The number of carbonyl (C=O) groups excluding carboxylic acids is 2. The van der Waals surface area contributed by atoms with E-state index in [9.17, 15) is 9.59 Å². The summed E-state index contributed by atoms with van der Waals surface area (Å²) in [5.74, 6) is 0.500. The molecule has 0 atom stereocenters. The fourth-order valence-electron chi connectivity index (χ4n) is 2.70. The molecule has 0 aliphatic carbocycles. The summed E-state index contributed by atoms with van der Waals surface area (Å²) in [5, 5.41) is 0. The molecule has 0 radical (unpaired) electrons. The van der Waals surface area contributed by atoms with Crippen LogP contribution in [-0.2, 0) is 16.0 Å². The van der Waals surface area contributed by atoms with E-state index in [-0.39, 0.29) is 12.4 Å². The molecule has 6 nitrogen and oxygen atoms in total. The van der Waals surface area contributed by atoms with Gasteiger partial charge in [-0.1, -0.05) is 0 Å². The lowest BCUT2D eigenvalue weighted by Gasteiger charge is -2.06. The number of methoxy groups -OCH3 is 1. The maximum Gasteiger partial charge on any atom is 0.311 e. The lowest BCUT2D eigenvalue weighted by molar-refractivity contribution is -0.142. The van der Waals surface area contributed by atoms with Crippen molar-refractivity contribution >= 4 is 28.6 Å². The standard InChI is InChI=1S/C18H18N2O4S/c1-4-24-16(22)8-13-9-20-14(10-21)17(19-18(20)25-13)12-5-6-15(23-3)11(2)7-12/h5-7,9-10H,4,8H2,1-3H3. The first-order valence-corrected chi connectivity index (χ1v) is 8.65. The van der Waals surface area contributed by atoms with E-state index in [4.69, 9.17) is 9.47 Å². The average Bonchev–Trinajstić information content (AvgIpc) is 3.11. The van der Waals surface area contributed by atoms with E-state index in [0.29, 0.717) is 23.0 Å². The molecule has 0 N–H and O–H groups in total. The Kier molecular flexibility index (Phi) is 4.85. The molecular weight excluding hydrogens is 340 g/mol. The van der Waals surface area contributed by atoms with Crippen molar-refractivity contribution in [2.45, 2.75) is 20.3 Å². The number of benzene rings is 1. The van der Waals surface area contributed by atoms with Crippen LogP contribution in [0, 0.1) is 6.92 Å². The van der Waals surface area contributed by atoms with Crippen LogP contribution in [0.15, 0.2) is 24.4 Å². The van der Waals surface area contributed by atoms with Gasteiger partial charge in [-0.25, -0.2) is 4.98 Å². The van der Waals surface area contributed by atoms with Crippen molar-refractivity contribution in [3.63, 3.8) is 0 Å². The third-order valence-corrected chi connectivity index (χ3v) is 4.80. The van der Waals surface area contributed by atoms with E-state index in [2.05, 4.69) is 4.98 Å². The van der Waals surface area contributed by atoms with Crippen LogP contribution >= 0.6 is 11.3 Å². The molecule has 0 amide bonds. The molecule has 0 fully saturated rings. The lowest BCUT2D eigenvalue weighted by atomic mass is 10.1. The Morgan fingerprint density at radius 2 is 2.20 bits per heavy atom. The third-order valence-electron chi connectivity index (χ3n) is 3.81. The Morgan fingerprint density at radius 3 is 2.84 bits per heavy atom. The zero-order chi connectivity index (χ0) is 18.0. The van der Waals surface area contributed by atoms with Gasteiger partial charge in [0.2, 0.25) is 0 Å². The van der Waals surface area contributed by atoms with E-state index in [1.54, 1.807) is 24.6 Å². The highest BCUT2D eigenvalue weighted by Crippen LogP contribution is 2.30. The van der Waals surface area contributed by atoms with Crippen LogP contribution < -0.4 is 4.74 Å². The highest BCUT2D eigenvalue weighted by molar-refractivity contribution is 7.17. The van der Waals surface area contributed by atoms with Crippen molar-refractivity contribution in [2.75, 3.05) is 13.7 Å². The molecule has 3 aromatic rings. The fraction of sp³-hybridized carbons (Fsp3) is 0.278. The zero-order valence-electron chi connectivity index (χ0n) is 14.2. The second-order valence-corrected chi connectivity index (χ2v) is 6.57. The molecule has 0 aliphatic heterocycles. The van der Waals surface area contributed by atoms with Crippen LogP contribution in [0.2, 0.25) is 0 Å². The molecule has 130 valence electrons. The number of fused-ring (bicyclic) bond motifs is 1. The fourth-order valence-corrected chi connectivity index (χ4v) is 3.66. The van der Waals surface area contributed by atoms with Crippen LogP contribution in [-0.4, -0.2) is 35.4 Å². The van der Waals surface area contributed by atoms with Crippen molar-refractivity contribution in [1.29, 1.82) is 0 Å². The largest absolute Gasteiger partial charge is 0.496 e. The number of hydrogen-bond acceptors (Lipinski definition) is 6. The number of imidazole rings is 1. The van der Waals surface area contributed by atoms with Crippen molar-refractivity contribution in [3.05, 3.63) is 40.5 Å². The smallest absolute Gasteiger partial charge is 0.311 e. The summed E-state index contributed by atoms with van der Waals surface area (Å²) >= 11 is 1.38. The van der Waals surface area contributed by atoms with Crippen LogP contribution in [0.25, 0.3) is 16.2 Å². The van der Waals surface area contributed by atoms with Gasteiger partial charge in [-0.3, -0.25) is 14.0 Å². The molecule has 0 aliphatic rings. The number of thiazole rings is 1. The predicted molar refractivity (Wildman–Crippen MR) is 95.5 cm³/mol. The van der Waals surface area contributed by atoms with Gasteiger partial charge in [0.1, 0.15) is 17.1 Å². The predicted octanol–water partition coefficient (Wildman–Crippen LogP) is 3.30. The number of aryl methyl sites for hydroxylation is 1. The molecule has 2 heterocycles. The van der Waals surface area contributed by atoms with E-state index in [0.717, 1.165) is 28.0 Å². The molecule has 0 bridgehead atoms. The van der Waals surface area contributed by atoms with Gasteiger partial charge >= 0.3 is 5.97 Å². The summed E-state index contributed by atoms with van der Waals surface area (Å²) < 4.78 is 12.0. The van der Waals surface area contributed by atoms with Gasteiger partial charge in [0.05, 0.1) is 20.1 Å². The van der Waals surface area contributed by atoms with Crippen LogP contribution in [0.5, 0.6) is 5.75 Å². The number of hydrogen-bond donors (Lipinski definition) is 0. The molecule has 2 aromatic heterocycles. The molecule has 7 heteroatoms. The minimum Gasteiger partial charge on any atom is -0.496 e. The number of rotatable bonds is 6. The van der Waals surface area contributed by atoms with Gasteiger partial charge in [0.25, 0.3) is 0 Å². The third kappa shape index (κ3) is 3.28. The number of carbonyl (C=O) groups is 2. The topological polar surface area (TPSA) is 69.9 Å². The number of ether oxygens (including phenoxy) is 2. The first-order valence-electron chi connectivity index (χ1n) is 7.84. The summed E-state index contributed by atoms with van der Waals surface area (Å²) in [4.78, 5) is 29.3. The monoisotopic (exact) mass is 358 g/mol. The molecule has 0 unspecified atom stereocenters. The van der Waals surface area contributed by atoms with Crippen molar-refractivity contribution in [2.24, 2.45) is 0 Å². The second-order valence-electron chi connectivity index (χ2n) is 5.48. The maximum absolute atomic E-state index is 11.6. The number of aldehydes is 1. The van der Waals surface area contributed by atoms with Gasteiger partial charge in [0, 0.05) is 16.6 Å². The number of esters is 1. The summed E-state index contributed by atoms with van der Waals surface area (Å²) in [5.41, 5.74) is 2.90. The molecule has 0 saturated carbocycles. The molecular formula is C18H18N2O4S. The van der Waals surface area contributed by atoms with E-state index < -0.39 is 0 Å². The molecule has 0 spiro atoms. The van der Waals surface area contributed by atoms with Gasteiger partial charge in [0.15, 0.2) is 11.2 Å². The second kappa shape index (κ2) is 7.06.